The van der Waals surface area contributed by atoms with E-state index in [-0.39, 0.29) is 35.7 Å². The number of carbonyl (C=O) groups excluding carboxylic acids is 1. The lowest BCUT2D eigenvalue weighted by Crippen LogP contribution is -2.26. The molecule has 0 aliphatic carbocycles. The van der Waals surface area contributed by atoms with Crippen molar-refractivity contribution in [3.63, 3.8) is 0 Å². The predicted octanol–water partition coefficient (Wildman–Crippen LogP) is 4.72. The SMILES string of the molecule is COc1ccc(CCNC(=O)c2cnn(-c3ccc(F)cc3)c2C(C)C)cc1OC(F)F. The maximum atomic E-state index is 13.3. The van der Waals surface area contributed by atoms with E-state index in [2.05, 4.69) is 15.2 Å². The maximum absolute atomic E-state index is 13.3. The summed E-state index contributed by atoms with van der Waals surface area (Å²) >= 11 is 0. The van der Waals surface area contributed by atoms with Gasteiger partial charge < -0.3 is 14.8 Å². The third-order valence-electron chi connectivity index (χ3n) is 4.81. The summed E-state index contributed by atoms with van der Waals surface area (Å²) in [6.07, 6.45) is 1.88. The van der Waals surface area contributed by atoms with Gasteiger partial charge in [-0.1, -0.05) is 19.9 Å². The molecule has 1 aromatic heterocycles. The van der Waals surface area contributed by atoms with Crippen LogP contribution >= 0.6 is 0 Å². The van der Waals surface area contributed by atoms with E-state index >= 15 is 0 Å². The number of nitrogens with zero attached hydrogens (tertiary/aromatic N) is 2. The number of nitrogens with one attached hydrogen (secondary N) is 1. The zero-order chi connectivity index (χ0) is 23.3. The number of amides is 1. The Hall–Kier alpha value is -3.49. The highest BCUT2D eigenvalue weighted by Gasteiger charge is 2.21. The van der Waals surface area contributed by atoms with Crippen molar-refractivity contribution in [2.45, 2.75) is 32.8 Å². The van der Waals surface area contributed by atoms with Crippen LogP contribution in [0.25, 0.3) is 5.69 Å². The number of alkyl halides is 2. The van der Waals surface area contributed by atoms with E-state index in [1.165, 1.54) is 31.5 Å². The minimum absolute atomic E-state index is 0.0149. The first-order valence-corrected chi connectivity index (χ1v) is 10.0. The lowest BCUT2D eigenvalue weighted by Gasteiger charge is -2.13. The molecule has 1 N–H and O–H groups in total. The molecular formula is C23H24F3N3O3. The van der Waals surface area contributed by atoms with Crippen LogP contribution < -0.4 is 14.8 Å². The molecule has 3 aromatic rings. The van der Waals surface area contributed by atoms with Gasteiger partial charge in [0.15, 0.2) is 11.5 Å². The van der Waals surface area contributed by atoms with Crippen LogP contribution in [0, 0.1) is 5.82 Å². The Morgan fingerprint density at radius 2 is 1.84 bits per heavy atom. The van der Waals surface area contributed by atoms with Crippen molar-refractivity contribution in [1.82, 2.24) is 15.1 Å². The number of hydrogen-bond acceptors (Lipinski definition) is 4. The average Bonchev–Trinajstić information content (AvgIpc) is 3.19. The number of halogens is 3. The molecule has 0 saturated heterocycles. The molecular weight excluding hydrogens is 423 g/mol. The summed E-state index contributed by atoms with van der Waals surface area (Å²) < 4.78 is 49.6. The van der Waals surface area contributed by atoms with E-state index in [0.29, 0.717) is 28.9 Å². The first kappa shape index (κ1) is 23.2. The van der Waals surface area contributed by atoms with Crippen molar-refractivity contribution in [3.05, 3.63) is 71.3 Å². The van der Waals surface area contributed by atoms with Gasteiger partial charge in [0.2, 0.25) is 0 Å². The quantitative estimate of drug-likeness (QED) is 0.516. The molecule has 32 heavy (non-hydrogen) atoms. The second-order valence-electron chi connectivity index (χ2n) is 7.36. The summed E-state index contributed by atoms with van der Waals surface area (Å²) in [7, 11) is 1.37. The number of hydrogen-bond donors (Lipinski definition) is 1. The smallest absolute Gasteiger partial charge is 0.387 e. The molecule has 3 rings (SSSR count). The van der Waals surface area contributed by atoms with Crippen molar-refractivity contribution in [1.29, 1.82) is 0 Å². The number of rotatable bonds is 9. The summed E-state index contributed by atoms with van der Waals surface area (Å²) in [5, 5.41) is 7.15. The monoisotopic (exact) mass is 447 g/mol. The van der Waals surface area contributed by atoms with Crippen LogP contribution in [0.3, 0.4) is 0 Å². The van der Waals surface area contributed by atoms with Crippen molar-refractivity contribution in [3.8, 4) is 17.2 Å². The van der Waals surface area contributed by atoms with Gasteiger partial charge in [0, 0.05) is 6.54 Å². The van der Waals surface area contributed by atoms with Crippen LogP contribution in [-0.2, 0) is 6.42 Å². The summed E-state index contributed by atoms with van der Waals surface area (Å²) in [6.45, 7) is 1.19. The van der Waals surface area contributed by atoms with Crippen molar-refractivity contribution >= 4 is 5.91 Å². The van der Waals surface area contributed by atoms with Gasteiger partial charge in [-0.2, -0.15) is 13.9 Å². The molecule has 6 nitrogen and oxygen atoms in total. The normalized spacial score (nSPS) is 11.1. The number of carbonyl (C=O) groups is 1. The third kappa shape index (κ3) is 5.40. The number of benzene rings is 2. The molecule has 0 unspecified atom stereocenters. The Morgan fingerprint density at radius 1 is 1.12 bits per heavy atom. The van der Waals surface area contributed by atoms with Gasteiger partial charge in [-0.3, -0.25) is 4.79 Å². The van der Waals surface area contributed by atoms with Gasteiger partial charge in [-0.15, -0.1) is 0 Å². The summed E-state index contributed by atoms with van der Waals surface area (Å²) in [4.78, 5) is 12.8. The van der Waals surface area contributed by atoms with Crippen LogP contribution in [0.4, 0.5) is 13.2 Å². The van der Waals surface area contributed by atoms with Gasteiger partial charge in [-0.25, -0.2) is 9.07 Å². The van der Waals surface area contributed by atoms with Crippen molar-refractivity contribution in [2.75, 3.05) is 13.7 Å². The van der Waals surface area contributed by atoms with Crippen molar-refractivity contribution < 1.29 is 27.4 Å². The fourth-order valence-corrected chi connectivity index (χ4v) is 3.36. The molecule has 1 amide bonds. The van der Waals surface area contributed by atoms with Gasteiger partial charge in [0.05, 0.1) is 30.3 Å². The highest BCUT2D eigenvalue weighted by Crippen LogP contribution is 2.29. The van der Waals surface area contributed by atoms with Crippen LogP contribution in [0.2, 0.25) is 0 Å². The molecule has 0 bridgehead atoms. The van der Waals surface area contributed by atoms with Crippen LogP contribution in [0.15, 0.2) is 48.7 Å². The largest absolute Gasteiger partial charge is 0.493 e. The number of aromatic nitrogens is 2. The Morgan fingerprint density at radius 3 is 2.47 bits per heavy atom. The van der Waals surface area contributed by atoms with E-state index in [1.54, 1.807) is 28.9 Å². The predicted molar refractivity (Wildman–Crippen MR) is 113 cm³/mol. The van der Waals surface area contributed by atoms with Crippen LogP contribution in [0.1, 0.15) is 41.4 Å². The lowest BCUT2D eigenvalue weighted by atomic mass is 10.0. The van der Waals surface area contributed by atoms with E-state index in [0.717, 1.165) is 0 Å². The molecule has 2 aromatic carbocycles. The molecule has 9 heteroatoms. The van der Waals surface area contributed by atoms with E-state index in [9.17, 15) is 18.0 Å². The highest BCUT2D eigenvalue weighted by atomic mass is 19.3. The molecule has 170 valence electrons. The molecule has 0 fully saturated rings. The highest BCUT2D eigenvalue weighted by molar-refractivity contribution is 5.95. The zero-order valence-corrected chi connectivity index (χ0v) is 17.9. The Labute approximate surface area is 184 Å². The topological polar surface area (TPSA) is 65.4 Å². The van der Waals surface area contributed by atoms with Gasteiger partial charge in [0.1, 0.15) is 5.82 Å². The molecule has 1 heterocycles. The minimum Gasteiger partial charge on any atom is -0.493 e. The minimum atomic E-state index is -2.97. The molecule has 0 atom stereocenters. The van der Waals surface area contributed by atoms with E-state index in [1.807, 2.05) is 13.8 Å². The average molecular weight is 447 g/mol. The third-order valence-corrected chi connectivity index (χ3v) is 4.81. The zero-order valence-electron chi connectivity index (χ0n) is 17.9. The lowest BCUT2D eigenvalue weighted by molar-refractivity contribution is -0.0512. The molecule has 0 radical (unpaired) electrons. The van der Waals surface area contributed by atoms with Crippen molar-refractivity contribution in [2.24, 2.45) is 0 Å². The van der Waals surface area contributed by atoms with E-state index < -0.39 is 6.61 Å². The molecule has 0 saturated carbocycles. The van der Waals surface area contributed by atoms with Crippen LogP contribution in [-0.4, -0.2) is 36.0 Å². The fourth-order valence-electron chi connectivity index (χ4n) is 3.36. The molecule has 0 aliphatic rings. The second-order valence-corrected chi connectivity index (χ2v) is 7.36. The Balaban J connectivity index is 1.71. The second kappa shape index (κ2) is 10.2. The Kier molecular flexibility index (Phi) is 7.40. The fraction of sp³-hybridized carbons (Fsp3) is 0.304. The van der Waals surface area contributed by atoms with Gasteiger partial charge in [-0.05, 0) is 54.3 Å². The van der Waals surface area contributed by atoms with E-state index in [4.69, 9.17) is 4.74 Å². The standard InChI is InChI=1S/C23H24F3N3O3/c1-14(2)21-18(13-28-29(21)17-7-5-16(24)6-8-17)22(30)27-11-10-15-4-9-19(31-3)20(12-15)32-23(25)26/h4-9,12-14,23H,10-11H2,1-3H3,(H,27,30). The first-order valence-electron chi connectivity index (χ1n) is 10.0. The van der Waals surface area contributed by atoms with Crippen LogP contribution in [0.5, 0.6) is 11.5 Å². The molecule has 0 spiro atoms. The number of methoxy groups -OCH3 is 1. The van der Waals surface area contributed by atoms with Gasteiger partial charge in [0.25, 0.3) is 5.91 Å². The maximum Gasteiger partial charge on any atom is 0.387 e. The molecule has 0 aliphatic heterocycles. The number of ether oxygens (including phenoxy) is 2. The summed E-state index contributed by atoms with van der Waals surface area (Å²) in [5.74, 6) is -0.536. The van der Waals surface area contributed by atoms with Gasteiger partial charge >= 0.3 is 6.61 Å². The summed E-state index contributed by atoms with van der Waals surface area (Å²) in [5.41, 5.74) is 2.47. The Bertz CT molecular complexity index is 1070. The first-order chi connectivity index (χ1) is 15.3. The summed E-state index contributed by atoms with van der Waals surface area (Å²) in [6, 6.07) is 10.6.